The van der Waals surface area contributed by atoms with Crippen LogP contribution in [0.4, 0.5) is 13.2 Å². The van der Waals surface area contributed by atoms with E-state index in [1.807, 2.05) is 0 Å². The molecule has 3 nitrogen and oxygen atoms in total. The highest BCUT2D eigenvalue weighted by Gasteiger charge is 2.40. The molecule has 1 aromatic heterocycles. The van der Waals surface area contributed by atoms with Crippen molar-refractivity contribution in [1.82, 2.24) is 4.57 Å². The average Bonchev–Trinajstić information content (AvgIpc) is 2.71. The number of carbonyl (C=O) groups is 1. The Kier molecular flexibility index (Phi) is 5.19. The van der Waals surface area contributed by atoms with Crippen molar-refractivity contribution in [2.24, 2.45) is 0 Å². The molecule has 1 aromatic carbocycles. The summed E-state index contributed by atoms with van der Waals surface area (Å²) in [6, 6.07) is 8.66. The zero-order valence-electron chi connectivity index (χ0n) is 12.6. The van der Waals surface area contributed by atoms with E-state index >= 15 is 0 Å². The Bertz CT molecular complexity index is 708. The zero-order valence-corrected chi connectivity index (χ0v) is 14.2. The molecule has 0 amide bonds. The number of esters is 1. The Hall–Kier alpha value is -1.76. The Morgan fingerprint density at radius 1 is 1.26 bits per heavy atom. The van der Waals surface area contributed by atoms with Crippen molar-refractivity contribution >= 4 is 21.9 Å². The maximum absolute atomic E-state index is 13.5. The summed E-state index contributed by atoms with van der Waals surface area (Å²) >= 11 is 3.11. The largest absolute Gasteiger partial charge is 0.461 e. The van der Waals surface area contributed by atoms with Crippen LogP contribution in [0.1, 0.15) is 34.2 Å². The SMILES string of the molecule is CCOC(=O)c1c(Br)c(C)c(C(F)(F)F)n1Cc1ccccc1. The van der Waals surface area contributed by atoms with Gasteiger partial charge in [0.1, 0.15) is 11.4 Å². The first kappa shape index (κ1) is 17.6. The molecule has 2 aromatic rings. The van der Waals surface area contributed by atoms with E-state index in [4.69, 9.17) is 4.74 Å². The molecular weight excluding hydrogens is 375 g/mol. The zero-order chi connectivity index (χ0) is 17.2. The van der Waals surface area contributed by atoms with Crippen molar-refractivity contribution in [3.8, 4) is 0 Å². The molecular formula is C16H15BrF3NO2. The van der Waals surface area contributed by atoms with Gasteiger partial charge in [0, 0.05) is 6.54 Å². The van der Waals surface area contributed by atoms with E-state index < -0.39 is 17.8 Å². The van der Waals surface area contributed by atoms with Gasteiger partial charge in [-0.3, -0.25) is 0 Å². The monoisotopic (exact) mass is 389 g/mol. The van der Waals surface area contributed by atoms with Gasteiger partial charge in [-0.05, 0) is 40.9 Å². The fourth-order valence-corrected chi connectivity index (χ4v) is 2.97. The summed E-state index contributed by atoms with van der Waals surface area (Å²) in [6.07, 6.45) is -4.58. The van der Waals surface area contributed by atoms with Crippen molar-refractivity contribution in [2.45, 2.75) is 26.6 Å². The minimum atomic E-state index is -4.58. The van der Waals surface area contributed by atoms with Crippen LogP contribution in [0, 0.1) is 6.92 Å². The van der Waals surface area contributed by atoms with Crippen LogP contribution in [-0.2, 0) is 17.5 Å². The molecule has 1 heterocycles. The van der Waals surface area contributed by atoms with Crippen LogP contribution in [0.5, 0.6) is 0 Å². The van der Waals surface area contributed by atoms with Crippen LogP contribution in [0.25, 0.3) is 0 Å². The van der Waals surface area contributed by atoms with Crippen molar-refractivity contribution in [3.05, 3.63) is 57.3 Å². The summed E-state index contributed by atoms with van der Waals surface area (Å²) in [5, 5.41) is 0. The molecule has 0 spiro atoms. The first-order valence-electron chi connectivity index (χ1n) is 6.94. The van der Waals surface area contributed by atoms with Crippen LogP contribution in [-0.4, -0.2) is 17.1 Å². The second-order valence-electron chi connectivity index (χ2n) is 4.93. The number of benzene rings is 1. The van der Waals surface area contributed by atoms with E-state index in [9.17, 15) is 18.0 Å². The van der Waals surface area contributed by atoms with Gasteiger partial charge >= 0.3 is 12.1 Å². The van der Waals surface area contributed by atoms with E-state index in [1.165, 1.54) is 6.92 Å². The van der Waals surface area contributed by atoms with Gasteiger partial charge in [0.2, 0.25) is 0 Å². The molecule has 0 aliphatic heterocycles. The highest BCUT2D eigenvalue weighted by atomic mass is 79.9. The second kappa shape index (κ2) is 6.78. The standard InChI is InChI=1S/C16H15BrF3NO2/c1-3-23-15(22)13-12(17)10(2)14(16(18,19)20)21(13)9-11-7-5-4-6-8-11/h4-8H,3,9H2,1-2H3. The predicted molar refractivity (Wildman–Crippen MR) is 83.4 cm³/mol. The minimum Gasteiger partial charge on any atom is -0.461 e. The van der Waals surface area contributed by atoms with Crippen molar-refractivity contribution in [3.63, 3.8) is 0 Å². The van der Waals surface area contributed by atoms with E-state index in [-0.39, 0.29) is 28.9 Å². The van der Waals surface area contributed by atoms with Gasteiger partial charge in [-0.25, -0.2) is 4.79 Å². The summed E-state index contributed by atoms with van der Waals surface area (Å²) in [7, 11) is 0. The Morgan fingerprint density at radius 2 is 1.87 bits per heavy atom. The van der Waals surface area contributed by atoms with Crippen LogP contribution >= 0.6 is 15.9 Å². The number of ether oxygens (including phenoxy) is 1. The third-order valence-electron chi connectivity index (χ3n) is 3.35. The van der Waals surface area contributed by atoms with Crippen molar-refractivity contribution in [2.75, 3.05) is 6.61 Å². The molecule has 0 aliphatic rings. The highest BCUT2D eigenvalue weighted by Crippen LogP contribution is 2.39. The maximum Gasteiger partial charge on any atom is 0.431 e. The van der Waals surface area contributed by atoms with Gasteiger partial charge in [-0.2, -0.15) is 13.2 Å². The molecule has 0 N–H and O–H groups in total. The van der Waals surface area contributed by atoms with Gasteiger partial charge in [-0.1, -0.05) is 30.3 Å². The highest BCUT2D eigenvalue weighted by molar-refractivity contribution is 9.10. The lowest BCUT2D eigenvalue weighted by Crippen LogP contribution is -2.20. The van der Waals surface area contributed by atoms with Crippen LogP contribution in [0.3, 0.4) is 0 Å². The maximum atomic E-state index is 13.5. The predicted octanol–water partition coefficient (Wildman–Crippen LogP) is 4.80. The van der Waals surface area contributed by atoms with Crippen LogP contribution < -0.4 is 0 Å². The smallest absolute Gasteiger partial charge is 0.431 e. The molecule has 23 heavy (non-hydrogen) atoms. The molecule has 0 atom stereocenters. The van der Waals surface area contributed by atoms with Gasteiger partial charge < -0.3 is 9.30 Å². The summed E-state index contributed by atoms with van der Waals surface area (Å²) in [5.41, 5.74) is -0.348. The number of aromatic nitrogens is 1. The number of rotatable bonds is 4. The molecule has 0 aliphatic carbocycles. The molecule has 0 saturated carbocycles. The van der Waals surface area contributed by atoms with Crippen molar-refractivity contribution in [1.29, 1.82) is 0 Å². The molecule has 0 unspecified atom stereocenters. The minimum absolute atomic E-state index is 0.0310. The molecule has 7 heteroatoms. The summed E-state index contributed by atoms with van der Waals surface area (Å²) in [4.78, 5) is 12.1. The summed E-state index contributed by atoms with van der Waals surface area (Å²) in [5.74, 6) is -0.783. The normalized spacial score (nSPS) is 11.6. The first-order chi connectivity index (χ1) is 10.8. The number of nitrogens with zero attached hydrogens (tertiary/aromatic N) is 1. The topological polar surface area (TPSA) is 31.2 Å². The quantitative estimate of drug-likeness (QED) is 0.703. The second-order valence-corrected chi connectivity index (χ2v) is 5.72. The lowest BCUT2D eigenvalue weighted by Gasteiger charge is -2.15. The Morgan fingerprint density at radius 3 is 2.39 bits per heavy atom. The molecule has 0 saturated heterocycles. The fourth-order valence-electron chi connectivity index (χ4n) is 2.40. The number of hydrogen-bond acceptors (Lipinski definition) is 2. The van der Waals surface area contributed by atoms with Gasteiger partial charge in [0.05, 0.1) is 11.1 Å². The van der Waals surface area contributed by atoms with Crippen LogP contribution in [0.15, 0.2) is 34.8 Å². The van der Waals surface area contributed by atoms with E-state index in [0.29, 0.717) is 5.56 Å². The van der Waals surface area contributed by atoms with Gasteiger partial charge in [0.25, 0.3) is 0 Å². The molecule has 0 bridgehead atoms. The lowest BCUT2D eigenvalue weighted by atomic mass is 10.2. The summed E-state index contributed by atoms with van der Waals surface area (Å²) < 4.78 is 46.4. The van der Waals surface area contributed by atoms with Gasteiger partial charge in [-0.15, -0.1) is 0 Å². The molecule has 0 radical (unpaired) electrons. The third-order valence-corrected chi connectivity index (χ3v) is 4.32. The Labute approximate surface area is 140 Å². The third kappa shape index (κ3) is 3.60. The van der Waals surface area contributed by atoms with E-state index in [2.05, 4.69) is 15.9 Å². The lowest BCUT2D eigenvalue weighted by molar-refractivity contribution is -0.143. The summed E-state index contributed by atoms with van der Waals surface area (Å²) in [6.45, 7) is 2.95. The van der Waals surface area contributed by atoms with E-state index in [0.717, 1.165) is 4.57 Å². The number of alkyl halides is 3. The molecule has 2 rings (SSSR count). The fraction of sp³-hybridized carbons (Fsp3) is 0.312. The number of carbonyl (C=O) groups excluding carboxylic acids is 1. The molecule has 124 valence electrons. The van der Waals surface area contributed by atoms with Crippen LogP contribution in [0.2, 0.25) is 0 Å². The van der Waals surface area contributed by atoms with E-state index in [1.54, 1.807) is 37.3 Å². The van der Waals surface area contributed by atoms with Gasteiger partial charge in [0.15, 0.2) is 0 Å². The van der Waals surface area contributed by atoms with Crippen molar-refractivity contribution < 1.29 is 22.7 Å². The molecule has 0 fully saturated rings. The number of halogens is 4. The average molecular weight is 390 g/mol. The Balaban J connectivity index is 2.64. The number of hydrogen-bond donors (Lipinski definition) is 0. The first-order valence-corrected chi connectivity index (χ1v) is 7.73.